The molecule has 0 saturated carbocycles. The van der Waals surface area contributed by atoms with Crippen molar-refractivity contribution in [1.29, 1.82) is 0 Å². The molecule has 0 atom stereocenters. The third kappa shape index (κ3) is 3.80. The quantitative estimate of drug-likeness (QED) is 0.805. The van der Waals surface area contributed by atoms with Gasteiger partial charge in [0.25, 0.3) is 0 Å². The highest BCUT2D eigenvalue weighted by Gasteiger charge is 2.29. The van der Waals surface area contributed by atoms with Gasteiger partial charge in [0.05, 0.1) is 5.41 Å². The van der Waals surface area contributed by atoms with Gasteiger partial charge in [0.15, 0.2) is 0 Å². The van der Waals surface area contributed by atoms with E-state index in [9.17, 15) is 4.79 Å². The van der Waals surface area contributed by atoms with Gasteiger partial charge in [0.1, 0.15) is 0 Å². The summed E-state index contributed by atoms with van der Waals surface area (Å²) in [5, 5.41) is 3.63. The Labute approximate surface area is 134 Å². The molecule has 21 heavy (non-hydrogen) atoms. The van der Waals surface area contributed by atoms with E-state index in [-0.39, 0.29) is 5.91 Å². The van der Waals surface area contributed by atoms with Crippen molar-refractivity contribution in [2.24, 2.45) is 0 Å². The molecule has 110 valence electrons. The summed E-state index contributed by atoms with van der Waals surface area (Å²) < 4.78 is 0. The molecule has 0 aromatic heterocycles. The maximum absolute atomic E-state index is 12.5. The third-order valence-corrected chi connectivity index (χ3v) is 4.48. The standard InChI is InChI=1S/C17H18ClNOS/c1-17(2,12-4-6-13(18)7-5-12)16(20)19-14-8-10-15(21-3)11-9-14/h4-11H,1-3H3,(H,19,20). The second kappa shape index (κ2) is 6.54. The highest BCUT2D eigenvalue weighted by atomic mass is 35.5. The summed E-state index contributed by atoms with van der Waals surface area (Å²) in [6, 6.07) is 15.2. The van der Waals surface area contributed by atoms with Gasteiger partial charge in [-0.3, -0.25) is 4.79 Å². The molecule has 0 fully saturated rings. The van der Waals surface area contributed by atoms with E-state index in [1.807, 2.05) is 56.5 Å². The molecule has 0 aliphatic rings. The lowest BCUT2D eigenvalue weighted by Crippen LogP contribution is -2.34. The zero-order chi connectivity index (χ0) is 15.5. The molecule has 0 heterocycles. The lowest BCUT2D eigenvalue weighted by molar-refractivity contribution is -0.120. The van der Waals surface area contributed by atoms with Crippen molar-refractivity contribution in [2.45, 2.75) is 24.2 Å². The third-order valence-electron chi connectivity index (χ3n) is 3.48. The monoisotopic (exact) mass is 319 g/mol. The Balaban J connectivity index is 2.15. The minimum absolute atomic E-state index is 0.0401. The van der Waals surface area contributed by atoms with Crippen LogP contribution in [0.1, 0.15) is 19.4 Å². The molecule has 0 spiro atoms. The van der Waals surface area contributed by atoms with E-state index in [2.05, 4.69) is 5.32 Å². The van der Waals surface area contributed by atoms with Crippen LogP contribution in [0.15, 0.2) is 53.4 Å². The van der Waals surface area contributed by atoms with Crippen LogP contribution >= 0.6 is 23.4 Å². The Bertz CT molecular complexity index is 620. The van der Waals surface area contributed by atoms with Crippen molar-refractivity contribution in [2.75, 3.05) is 11.6 Å². The first kappa shape index (κ1) is 15.9. The SMILES string of the molecule is CSc1ccc(NC(=O)C(C)(C)c2ccc(Cl)cc2)cc1. The van der Waals surface area contributed by atoms with Gasteiger partial charge >= 0.3 is 0 Å². The number of anilines is 1. The summed E-state index contributed by atoms with van der Waals surface area (Å²) in [7, 11) is 0. The summed E-state index contributed by atoms with van der Waals surface area (Å²) in [6.45, 7) is 3.81. The first-order valence-electron chi connectivity index (χ1n) is 6.65. The van der Waals surface area contributed by atoms with Gasteiger partial charge in [-0.25, -0.2) is 0 Å². The molecule has 2 aromatic rings. The van der Waals surface area contributed by atoms with Gasteiger partial charge in [0.2, 0.25) is 5.91 Å². The molecular formula is C17H18ClNOS. The van der Waals surface area contributed by atoms with Gasteiger partial charge in [-0.1, -0.05) is 23.7 Å². The summed E-state index contributed by atoms with van der Waals surface area (Å²) in [4.78, 5) is 13.7. The zero-order valence-corrected chi connectivity index (χ0v) is 13.9. The van der Waals surface area contributed by atoms with Gasteiger partial charge in [0, 0.05) is 15.6 Å². The van der Waals surface area contributed by atoms with Gasteiger partial charge in [-0.15, -0.1) is 11.8 Å². The number of carbonyl (C=O) groups excluding carboxylic acids is 1. The van der Waals surface area contributed by atoms with E-state index in [1.165, 1.54) is 4.90 Å². The molecule has 2 rings (SSSR count). The van der Waals surface area contributed by atoms with E-state index < -0.39 is 5.41 Å². The van der Waals surface area contributed by atoms with Crippen molar-refractivity contribution in [1.82, 2.24) is 0 Å². The minimum atomic E-state index is -0.622. The number of hydrogen-bond acceptors (Lipinski definition) is 2. The van der Waals surface area contributed by atoms with Crippen LogP contribution < -0.4 is 5.32 Å². The molecule has 1 amide bonds. The zero-order valence-electron chi connectivity index (χ0n) is 12.3. The molecule has 1 N–H and O–H groups in total. The van der Waals surface area contributed by atoms with Crippen molar-refractivity contribution in [3.8, 4) is 0 Å². The first-order chi connectivity index (χ1) is 9.93. The molecule has 0 aliphatic heterocycles. The molecule has 2 nitrogen and oxygen atoms in total. The van der Waals surface area contributed by atoms with Crippen LogP contribution in [0.2, 0.25) is 5.02 Å². The summed E-state index contributed by atoms with van der Waals surface area (Å²) in [5.41, 5.74) is 1.12. The van der Waals surface area contributed by atoms with E-state index in [4.69, 9.17) is 11.6 Å². The number of amides is 1. The van der Waals surface area contributed by atoms with E-state index in [0.717, 1.165) is 11.3 Å². The van der Waals surface area contributed by atoms with Crippen molar-refractivity contribution in [3.63, 3.8) is 0 Å². The largest absolute Gasteiger partial charge is 0.325 e. The van der Waals surface area contributed by atoms with Crippen molar-refractivity contribution < 1.29 is 4.79 Å². The fourth-order valence-corrected chi connectivity index (χ4v) is 2.49. The predicted molar refractivity (Wildman–Crippen MR) is 91.3 cm³/mol. The predicted octanol–water partition coefficient (Wildman–Crippen LogP) is 4.98. The number of benzene rings is 2. The Hall–Kier alpha value is -1.45. The van der Waals surface area contributed by atoms with E-state index in [1.54, 1.807) is 23.9 Å². The molecule has 0 saturated heterocycles. The molecule has 2 aromatic carbocycles. The Morgan fingerprint density at radius 3 is 2.14 bits per heavy atom. The van der Waals surface area contributed by atoms with Crippen LogP contribution in [-0.4, -0.2) is 12.2 Å². The molecule has 4 heteroatoms. The maximum Gasteiger partial charge on any atom is 0.234 e. The summed E-state index contributed by atoms with van der Waals surface area (Å²) in [5.74, 6) is -0.0401. The fraction of sp³-hybridized carbons (Fsp3) is 0.235. The highest BCUT2D eigenvalue weighted by Crippen LogP contribution is 2.27. The van der Waals surface area contributed by atoms with E-state index >= 15 is 0 Å². The number of carbonyl (C=O) groups is 1. The number of halogens is 1. The van der Waals surface area contributed by atoms with Gasteiger partial charge in [-0.2, -0.15) is 0 Å². The van der Waals surface area contributed by atoms with Gasteiger partial charge in [-0.05, 0) is 62.1 Å². The lowest BCUT2D eigenvalue weighted by atomic mass is 9.83. The van der Waals surface area contributed by atoms with Crippen LogP contribution in [-0.2, 0) is 10.2 Å². The van der Waals surface area contributed by atoms with Crippen LogP contribution in [0, 0.1) is 0 Å². The molecule has 0 aliphatic carbocycles. The number of rotatable bonds is 4. The van der Waals surface area contributed by atoms with Crippen molar-refractivity contribution in [3.05, 3.63) is 59.1 Å². The summed E-state index contributed by atoms with van der Waals surface area (Å²) in [6.07, 6.45) is 2.03. The van der Waals surface area contributed by atoms with Crippen LogP contribution in [0.25, 0.3) is 0 Å². The topological polar surface area (TPSA) is 29.1 Å². The average molecular weight is 320 g/mol. The van der Waals surface area contributed by atoms with Crippen LogP contribution in [0.3, 0.4) is 0 Å². The van der Waals surface area contributed by atoms with E-state index in [0.29, 0.717) is 5.02 Å². The minimum Gasteiger partial charge on any atom is -0.325 e. The molecule has 0 unspecified atom stereocenters. The molecular weight excluding hydrogens is 302 g/mol. The second-order valence-electron chi connectivity index (χ2n) is 5.31. The molecule has 0 bridgehead atoms. The van der Waals surface area contributed by atoms with Crippen LogP contribution in [0.4, 0.5) is 5.69 Å². The Morgan fingerprint density at radius 2 is 1.62 bits per heavy atom. The molecule has 0 radical (unpaired) electrons. The first-order valence-corrected chi connectivity index (χ1v) is 8.25. The normalized spacial score (nSPS) is 11.2. The maximum atomic E-state index is 12.5. The van der Waals surface area contributed by atoms with Crippen molar-refractivity contribution >= 4 is 35.0 Å². The average Bonchev–Trinajstić information content (AvgIpc) is 2.48. The Kier molecular flexibility index (Phi) is 4.96. The second-order valence-corrected chi connectivity index (χ2v) is 6.63. The van der Waals surface area contributed by atoms with Gasteiger partial charge < -0.3 is 5.32 Å². The summed E-state index contributed by atoms with van der Waals surface area (Å²) >= 11 is 7.57. The smallest absolute Gasteiger partial charge is 0.234 e. The lowest BCUT2D eigenvalue weighted by Gasteiger charge is -2.24. The fourth-order valence-electron chi connectivity index (χ4n) is 1.96. The number of hydrogen-bond donors (Lipinski definition) is 1. The number of nitrogens with one attached hydrogen (secondary N) is 1. The highest BCUT2D eigenvalue weighted by molar-refractivity contribution is 7.98. The Morgan fingerprint density at radius 1 is 1.05 bits per heavy atom. The number of thioether (sulfide) groups is 1. The van der Waals surface area contributed by atoms with Crippen LogP contribution in [0.5, 0.6) is 0 Å².